The second kappa shape index (κ2) is 11.2. The SMILES string of the molecule is CC(C)(C)C1CN(C(c2ccc(F)cc2)c2ccc(F)cc2)CCN1C(=O)CC1CCN(C(N)=O)CC1. The number of nitrogens with zero attached hydrogens (tertiary/aromatic N) is 3. The molecule has 2 aliphatic rings. The number of carbonyl (C=O) groups excluding carboxylic acids is 2. The van der Waals surface area contributed by atoms with Crippen molar-refractivity contribution in [3.8, 4) is 0 Å². The number of benzene rings is 2. The van der Waals surface area contributed by atoms with Gasteiger partial charge in [-0.3, -0.25) is 9.69 Å². The number of piperidine rings is 1. The van der Waals surface area contributed by atoms with Crippen LogP contribution in [-0.2, 0) is 4.79 Å². The highest BCUT2D eigenvalue weighted by molar-refractivity contribution is 5.77. The van der Waals surface area contributed by atoms with Crippen molar-refractivity contribution in [1.82, 2.24) is 14.7 Å². The van der Waals surface area contributed by atoms with Crippen LogP contribution in [0.3, 0.4) is 0 Å². The molecule has 2 aliphatic heterocycles. The fourth-order valence-electron chi connectivity index (χ4n) is 5.70. The van der Waals surface area contributed by atoms with E-state index in [1.165, 1.54) is 24.3 Å². The van der Waals surface area contributed by atoms with Crippen molar-refractivity contribution in [1.29, 1.82) is 0 Å². The maximum absolute atomic E-state index is 13.7. The van der Waals surface area contributed by atoms with Gasteiger partial charge < -0.3 is 15.5 Å². The van der Waals surface area contributed by atoms with E-state index in [4.69, 9.17) is 5.73 Å². The number of piperazine rings is 1. The number of rotatable bonds is 5. The molecule has 1 atom stereocenters. The number of nitrogens with two attached hydrogens (primary N) is 1. The topological polar surface area (TPSA) is 69.9 Å². The molecular weight excluding hydrogens is 474 g/mol. The van der Waals surface area contributed by atoms with E-state index in [2.05, 4.69) is 25.7 Å². The lowest BCUT2D eigenvalue weighted by molar-refractivity contribution is -0.141. The van der Waals surface area contributed by atoms with E-state index in [1.807, 2.05) is 4.90 Å². The molecule has 0 aromatic heterocycles. The summed E-state index contributed by atoms with van der Waals surface area (Å²) < 4.78 is 27.5. The van der Waals surface area contributed by atoms with Crippen LogP contribution in [0.5, 0.6) is 0 Å². The number of hydrogen-bond acceptors (Lipinski definition) is 3. The van der Waals surface area contributed by atoms with Crippen LogP contribution in [-0.4, -0.2) is 65.4 Å². The minimum absolute atomic E-state index is 0.0251. The van der Waals surface area contributed by atoms with Crippen molar-refractivity contribution in [3.05, 3.63) is 71.3 Å². The molecule has 2 aromatic carbocycles. The first-order chi connectivity index (χ1) is 17.5. The standard InChI is InChI=1S/C29H38F2N4O2/c1-29(2,3)25-19-34(16-17-35(25)26(36)18-20-12-14-33(15-13-20)28(32)37)27(21-4-8-23(30)9-5-21)22-6-10-24(31)11-7-22/h4-11,20,25,27H,12-19H2,1-3H3,(H2,32,37). The van der Waals surface area contributed by atoms with Gasteiger partial charge in [-0.1, -0.05) is 45.0 Å². The molecule has 0 radical (unpaired) electrons. The van der Waals surface area contributed by atoms with Crippen LogP contribution in [0.4, 0.5) is 13.6 Å². The van der Waals surface area contributed by atoms with Crippen molar-refractivity contribution in [2.75, 3.05) is 32.7 Å². The number of carbonyl (C=O) groups is 2. The van der Waals surface area contributed by atoms with Gasteiger partial charge in [0, 0.05) is 45.2 Å². The molecule has 2 aromatic rings. The summed E-state index contributed by atoms with van der Waals surface area (Å²) in [7, 11) is 0. The summed E-state index contributed by atoms with van der Waals surface area (Å²) in [6, 6.07) is 12.3. The Balaban J connectivity index is 1.53. The third kappa shape index (κ3) is 6.47. The average Bonchev–Trinajstić information content (AvgIpc) is 2.86. The first-order valence-electron chi connectivity index (χ1n) is 13.1. The van der Waals surface area contributed by atoms with Gasteiger partial charge in [-0.25, -0.2) is 13.6 Å². The lowest BCUT2D eigenvalue weighted by Gasteiger charge is -2.50. The number of primary amides is 1. The first kappa shape index (κ1) is 27.0. The van der Waals surface area contributed by atoms with E-state index in [0.717, 1.165) is 24.0 Å². The van der Waals surface area contributed by atoms with Crippen molar-refractivity contribution in [3.63, 3.8) is 0 Å². The van der Waals surface area contributed by atoms with E-state index in [1.54, 1.807) is 29.2 Å². The zero-order chi connectivity index (χ0) is 26.7. The quantitative estimate of drug-likeness (QED) is 0.626. The summed E-state index contributed by atoms with van der Waals surface area (Å²) in [6.07, 6.45) is 2.04. The summed E-state index contributed by atoms with van der Waals surface area (Å²) in [5.41, 5.74) is 7.10. The lowest BCUT2D eigenvalue weighted by atomic mass is 9.82. The van der Waals surface area contributed by atoms with Crippen molar-refractivity contribution < 1.29 is 18.4 Å². The third-order valence-corrected chi connectivity index (χ3v) is 7.86. The first-order valence-corrected chi connectivity index (χ1v) is 13.1. The second-order valence-corrected chi connectivity index (χ2v) is 11.4. The molecule has 200 valence electrons. The largest absolute Gasteiger partial charge is 0.351 e. The Hall–Kier alpha value is -3.00. The lowest BCUT2D eigenvalue weighted by Crippen LogP contribution is -2.60. The van der Waals surface area contributed by atoms with Gasteiger partial charge in [-0.05, 0) is 59.6 Å². The van der Waals surface area contributed by atoms with Crippen molar-refractivity contribution >= 4 is 11.9 Å². The van der Waals surface area contributed by atoms with Gasteiger partial charge in [0.05, 0.1) is 6.04 Å². The molecule has 0 spiro atoms. The highest BCUT2D eigenvalue weighted by Gasteiger charge is 2.40. The molecule has 0 bridgehead atoms. The molecule has 3 amide bonds. The Morgan fingerprint density at radius 3 is 1.86 bits per heavy atom. The Morgan fingerprint density at radius 2 is 1.41 bits per heavy atom. The van der Waals surface area contributed by atoms with Gasteiger partial charge in [-0.15, -0.1) is 0 Å². The van der Waals surface area contributed by atoms with Crippen LogP contribution in [0.15, 0.2) is 48.5 Å². The van der Waals surface area contributed by atoms with Crippen LogP contribution in [0.25, 0.3) is 0 Å². The monoisotopic (exact) mass is 512 g/mol. The highest BCUT2D eigenvalue weighted by Crippen LogP contribution is 2.36. The number of likely N-dealkylation sites (tertiary alicyclic amines) is 1. The Kier molecular flexibility index (Phi) is 8.17. The average molecular weight is 513 g/mol. The zero-order valence-electron chi connectivity index (χ0n) is 22.0. The predicted molar refractivity (Wildman–Crippen MR) is 140 cm³/mol. The van der Waals surface area contributed by atoms with Gasteiger partial charge in [0.1, 0.15) is 11.6 Å². The Morgan fingerprint density at radius 1 is 0.892 bits per heavy atom. The molecular formula is C29H38F2N4O2. The minimum Gasteiger partial charge on any atom is -0.351 e. The van der Waals surface area contributed by atoms with Crippen LogP contribution in [0.2, 0.25) is 0 Å². The van der Waals surface area contributed by atoms with Crippen LogP contribution in [0.1, 0.15) is 57.2 Å². The summed E-state index contributed by atoms with van der Waals surface area (Å²) in [5, 5.41) is 0. The fourth-order valence-corrected chi connectivity index (χ4v) is 5.70. The fraction of sp³-hybridized carbons (Fsp3) is 0.517. The molecule has 4 rings (SSSR count). The molecule has 2 fully saturated rings. The maximum Gasteiger partial charge on any atom is 0.314 e. The third-order valence-electron chi connectivity index (χ3n) is 7.86. The number of hydrogen-bond donors (Lipinski definition) is 1. The number of amides is 3. The minimum atomic E-state index is -0.398. The van der Waals surface area contributed by atoms with Crippen LogP contribution >= 0.6 is 0 Å². The maximum atomic E-state index is 13.7. The van der Waals surface area contributed by atoms with E-state index < -0.39 is 6.03 Å². The van der Waals surface area contributed by atoms with Gasteiger partial charge in [0.25, 0.3) is 0 Å². The Bertz CT molecular complexity index is 1030. The zero-order valence-corrected chi connectivity index (χ0v) is 22.0. The second-order valence-electron chi connectivity index (χ2n) is 11.4. The molecule has 8 heteroatoms. The molecule has 2 saturated heterocycles. The molecule has 6 nitrogen and oxygen atoms in total. The number of halogens is 2. The van der Waals surface area contributed by atoms with E-state index in [9.17, 15) is 18.4 Å². The van der Waals surface area contributed by atoms with Gasteiger partial charge in [0.2, 0.25) is 5.91 Å². The molecule has 2 N–H and O–H groups in total. The summed E-state index contributed by atoms with van der Waals surface area (Å²) in [5.74, 6) is -0.206. The normalized spacial score (nSPS) is 19.9. The van der Waals surface area contributed by atoms with Crippen LogP contribution in [0, 0.1) is 23.0 Å². The predicted octanol–water partition coefficient (Wildman–Crippen LogP) is 4.79. The summed E-state index contributed by atoms with van der Waals surface area (Å²) in [4.78, 5) is 31.0. The highest BCUT2D eigenvalue weighted by atomic mass is 19.1. The summed E-state index contributed by atoms with van der Waals surface area (Å²) >= 11 is 0. The number of urea groups is 1. The molecule has 0 aliphatic carbocycles. The van der Waals surface area contributed by atoms with Crippen molar-refractivity contribution in [2.24, 2.45) is 17.1 Å². The molecule has 1 unspecified atom stereocenters. The van der Waals surface area contributed by atoms with Gasteiger partial charge in [0.15, 0.2) is 0 Å². The molecule has 2 heterocycles. The van der Waals surface area contributed by atoms with E-state index >= 15 is 0 Å². The summed E-state index contributed by atoms with van der Waals surface area (Å²) in [6.45, 7) is 9.53. The van der Waals surface area contributed by atoms with E-state index in [0.29, 0.717) is 39.1 Å². The van der Waals surface area contributed by atoms with E-state index in [-0.39, 0.29) is 41.0 Å². The Labute approximate surface area is 218 Å². The smallest absolute Gasteiger partial charge is 0.314 e. The van der Waals surface area contributed by atoms with Gasteiger partial charge >= 0.3 is 6.03 Å². The van der Waals surface area contributed by atoms with Gasteiger partial charge in [-0.2, -0.15) is 0 Å². The molecule has 0 saturated carbocycles. The van der Waals surface area contributed by atoms with Crippen molar-refractivity contribution in [2.45, 2.75) is 52.1 Å². The molecule has 37 heavy (non-hydrogen) atoms. The van der Waals surface area contributed by atoms with Crippen LogP contribution < -0.4 is 5.73 Å².